The summed E-state index contributed by atoms with van der Waals surface area (Å²) in [6.45, 7) is 0. The SMILES string of the molecule is Fc1cc(Oc2cccnc2)nc(F)n1. The number of pyridine rings is 1. The number of ether oxygens (including phenoxy) is 1. The lowest BCUT2D eigenvalue weighted by Crippen LogP contribution is -1.96. The van der Waals surface area contributed by atoms with E-state index in [1.165, 1.54) is 6.20 Å². The van der Waals surface area contributed by atoms with Gasteiger partial charge in [-0.1, -0.05) is 0 Å². The van der Waals surface area contributed by atoms with E-state index in [4.69, 9.17) is 4.74 Å². The summed E-state index contributed by atoms with van der Waals surface area (Å²) in [5.74, 6) is -0.843. The van der Waals surface area contributed by atoms with E-state index in [9.17, 15) is 8.78 Å². The lowest BCUT2D eigenvalue weighted by molar-refractivity contribution is 0.412. The third kappa shape index (κ3) is 2.43. The minimum Gasteiger partial charge on any atom is -0.437 e. The maximum absolute atomic E-state index is 12.6. The molecule has 0 spiro atoms. The number of nitrogens with zero attached hydrogens (tertiary/aromatic N) is 3. The van der Waals surface area contributed by atoms with Gasteiger partial charge >= 0.3 is 6.08 Å². The first-order valence-corrected chi connectivity index (χ1v) is 4.02. The summed E-state index contributed by atoms with van der Waals surface area (Å²) in [5.41, 5.74) is 0. The van der Waals surface area contributed by atoms with E-state index in [0.29, 0.717) is 5.75 Å². The van der Waals surface area contributed by atoms with Gasteiger partial charge in [0.25, 0.3) is 0 Å². The first-order chi connectivity index (χ1) is 7.24. The molecule has 0 aromatic carbocycles. The van der Waals surface area contributed by atoms with Crippen LogP contribution in [0.25, 0.3) is 0 Å². The van der Waals surface area contributed by atoms with Gasteiger partial charge in [0.2, 0.25) is 11.8 Å². The molecule has 0 fully saturated rings. The maximum atomic E-state index is 12.6. The van der Waals surface area contributed by atoms with Gasteiger partial charge in [-0.15, -0.1) is 0 Å². The van der Waals surface area contributed by atoms with Gasteiger partial charge in [0.15, 0.2) is 0 Å². The molecule has 0 aliphatic carbocycles. The molecule has 0 aliphatic heterocycles. The molecule has 0 amide bonds. The van der Waals surface area contributed by atoms with Gasteiger partial charge in [0, 0.05) is 6.20 Å². The highest BCUT2D eigenvalue weighted by molar-refractivity contribution is 5.22. The molecule has 0 saturated heterocycles. The van der Waals surface area contributed by atoms with Crippen LogP contribution in [0, 0.1) is 12.0 Å². The Labute approximate surface area is 83.6 Å². The maximum Gasteiger partial charge on any atom is 0.314 e. The molecular formula is C9H5F2N3O. The molecule has 2 heterocycles. The molecule has 2 aromatic rings. The number of rotatable bonds is 2. The van der Waals surface area contributed by atoms with Crippen molar-refractivity contribution < 1.29 is 13.5 Å². The van der Waals surface area contributed by atoms with Crippen molar-refractivity contribution in [3.05, 3.63) is 42.6 Å². The van der Waals surface area contributed by atoms with Crippen molar-refractivity contribution in [1.82, 2.24) is 15.0 Å². The van der Waals surface area contributed by atoms with Gasteiger partial charge in [-0.2, -0.15) is 18.7 Å². The molecule has 0 radical (unpaired) electrons. The van der Waals surface area contributed by atoms with Crippen molar-refractivity contribution in [2.75, 3.05) is 0 Å². The van der Waals surface area contributed by atoms with Gasteiger partial charge in [-0.05, 0) is 12.1 Å². The predicted octanol–water partition coefficient (Wildman–Crippen LogP) is 1.94. The lowest BCUT2D eigenvalue weighted by Gasteiger charge is -2.02. The summed E-state index contributed by atoms with van der Waals surface area (Å²) in [6, 6.07) is 4.10. The molecule has 4 nitrogen and oxygen atoms in total. The Kier molecular flexibility index (Phi) is 2.49. The third-order valence-electron chi connectivity index (χ3n) is 1.50. The van der Waals surface area contributed by atoms with Crippen LogP contribution < -0.4 is 4.74 Å². The summed E-state index contributed by atoms with van der Waals surface area (Å²) < 4.78 is 30.3. The van der Waals surface area contributed by atoms with Crippen LogP contribution in [0.5, 0.6) is 11.6 Å². The highest BCUT2D eigenvalue weighted by atomic mass is 19.1. The molecular weight excluding hydrogens is 204 g/mol. The second kappa shape index (κ2) is 3.95. The first-order valence-electron chi connectivity index (χ1n) is 4.02. The van der Waals surface area contributed by atoms with Crippen molar-refractivity contribution in [2.45, 2.75) is 0 Å². The van der Waals surface area contributed by atoms with Crippen LogP contribution in [-0.4, -0.2) is 15.0 Å². The van der Waals surface area contributed by atoms with Gasteiger partial charge in [0.05, 0.1) is 12.3 Å². The fourth-order valence-corrected chi connectivity index (χ4v) is 0.951. The van der Waals surface area contributed by atoms with Crippen molar-refractivity contribution in [1.29, 1.82) is 0 Å². The predicted molar refractivity (Wildman–Crippen MR) is 46.3 cm³/mol. The van der Waals surface area contributed by atoms with E-state index in [0.717, 1.165) is 6.07 Å². The van der Waals surface area contributed by atoms with Crippen molar-refractivity contribution in [3.8, 4) is 11.6 Å². The van der Waals surface area contributed by atoms with Crippen molar-refractivity contribution in [3.63, 3.8) is 0 Å². The first kappa shape index (κ1) is 9.45. The van der Waals surface area contributed by atoms with Crippen LogP contribution in [0.15, 0.2) is 30.6 Å². The zero-order valence-electron chi connectivity index (χ0n) is 7.39. The van der Waals surface area contributed by atoms with Crippen LogP contribution in [0.4, 0.5) is 8.78 Å². The Morgan fingerprint density at radius 3 is 2.73 bits per heavy atom. The van der Waals surface area contributed by atoms with Gasteiger partial charge in [-0.3, -0.25) is 4.98 Å². The van der Waals surface area contributed by atoms with E-state index in [1.807, 2.05) is 0 Å². The molecule has 0 unspecified atom stereocenters. The number of aromatic nitrogens is 3. The smallest absolute Gasteiger partial charge is 0.314 e. The Hall–Kier alpha value is -2.11. The van der Waals surface area contributed by atoms with Crippen LogP contribution in [0.2, 0.25) is 0 Å². The molecule has 76 valence electrons. The highest BCUT2D eigenvalue weighted by Crippen LogP contribution is 2.17. The highest BCUT2D eigenvalue weighted by Gasteiger charge is 2.05. The second-order valence-corrected chi connectivity index (χ2v) is 2.59. The van der Waals surface area contributed by atoms with Crippen LogP contribution in [0.1, 0.15) is 0 Å². The van der Waals surface area contributed by atoms with E-state index in [-0.39, 0.29) is 5.88 Å². The standard InChI is InChI=1S/C9H5F2N3O/c10-7-4-8(14-9(11)13-7)15-6-2-1-3-12-5-6/h1-5H. The van der Waals surface area contributed by atoms with Crippen LogP contribution in [-0.2, 0) is 0 Å². The van der Waals surface area contributed by atoms with E-state index in [2.05, 4.69) is 15.0 Å². The lowest BCUT2D eigenvalue weighted by atomic mass is 10.5. The van der Waals surface area contributed by atoms with E-state index < -0.39 is 12.0 Å². The molecule has 2 aromatic heterocycles. The minimum absolute atomic E-state index is 0.201. The van der Waals surface area contributed by atoms with Gasteiger partial charge in [-0.25, -0.2) is 0 Å². The summed E-state index contributed by atoms with van der Waals surface area (Å²) in [6.07, 6.45) is 1.78. The fraction of sp³-hybridized carbons (Fsp3) is 0. The molecule has 0 bridgehead atoms. The Morgan fingerprint density at radius 1 is 1.20 bits per heavy atom. The molecule has 0 atom stereocenters. The summed E-state index contributed by atoms with van der Waals surface area (Å²) >= 11 is 0. The number of hydrogen-bond donors (Lipinski definition) is 0. The summed E-state index contributed by atoms with van der Waals surface area (Å²) in [5, 5.41) is 0. The largest absolute Gasteiger partial charge is 0.437 e. The van der Waals surface area contributed by atoms with Gasteiger partial charge in [0.1, 0.15) is 5.75 Å². The zero-order valence-corrected chi connectivity index (χ0v) is 7.39. The average molecular weight is 209 g/mol. The quantitative estimate of drug-likeness (QED) is 0.560. The number of halogens is 2. The Morgan fingerprint density at radius 2 is 2.07 bits per heavy atom. The molecule has 0 N–H and O–H groups in total. The zero-order chi connectivity index (χ0) is 10.7. The Balaban J connectivity index is 2.25. The van der Waals surface area contributed by atoms with Crippen molar-refractivity contribution >= 4 is 0 Å². The van der Waals surface area contributed by atoms with Gasteiger partial charge < -0.3 is 4.74 Å². The second-order valence-electron chi connectivity index (χ2n) is 2.59. The summed E-state index contributed by atoms with van der Waals surface area (Å²) in [7, 11) is 0. The molecule has 0 aliphatic rings. The molecule has 0 saturated carbocycles. The summed E-state index contributed by atoms with van der Waals surface area (Å²) in [4.78, 5) is 9.87. The van der Waals surface area contributed by atoms with Crippen LogP contribution in [0.3, 0.4) is 0 Å². The van der Waals surface area contributed by atoms with E-state index >= 15 is 0 Å². The normalized spacial score (nSPS) is 10.0. The Bertz CT molecular complexity index is 444. The number of hydrogen-bond acceptors (Lipinski definition) is 4. The minimum atomic E-state index is -1.17. The molecule has 15 heavy (non-hydrogen) atoms. The van der Waals surface area contributed by atoms with E-state index in [1.54, 1.807) is 18.3 Å². The molecule has 2 rings (SSSR count). The molecule has 6 heteroatoms. The fourth-order valence-electron chi connectivity index (χ4n) is 0.951. The van der Waals surface area contributed by atoms with Crippen molar-refractivity contribution in [2.24, 2.45) is 0 Å². The third-order valence-corrected chi connectivity index (χ3v) is 1.50. The monoisotopic (exact) mass is 209 g/mol. The topological polar surface area (TPSA) is 47.9 Å². The van der Waals surface area contributed by atoms with Crippen LogP contribution >= 0.6 is 0 Å². The average Bonchev–Trinajstić information content (AvgIpc) is 2.17.